The van der Waals surface area contributed by atoms with Crippen molar-refractivity contribution in [1.29, 1.82) is 0 Å². The lowest BCUT2D eigenvalue weighted by Gasteiger charge is -2.12. The van der Waals surface area contributed by atoms with E-state index in [0.29, 0.717) is 22.6 Å². The third-order valence-corrected chi connectivity index (χ3v) is 6.32. The minimum Gasteiger partial charge on any atom is -0.488 e. The number of ether oxygens (including phenoxy) is 1. The lowest BCUT2D eigenvalue weighted by Crippen LogP contribution is -2.17. The number of aromatic nitrogens is 1. The Bertz CT molecular complexity index is 1040. The van der Waals surface area contributed by atoms with Crippen molar-refractivity contribution in [3.05, 3.63) is 63.3 Å². The molecule has 3 rings (SSSR count). The van der Waals surface area contributed by atoms with Gasteiger partial charge in [-0.05, 0) is 31.4 Å². The van der Waals surface area contributed by atoms with Crippen molar-refractivity contribution in [3.63, 3.8) is 0 Å². The van der Waals surface area contributed by atoms with E-state index in [1.807, 2.05) is 37.3 Å². The van der Waals surface area contributed by atoms with Gasteiger partial charge in [0.05, 0.1) is 4.88 Å². The van der Waals surface area contributed by atoms with E-state index in [2.05, 4.69) is 30.7 Å². The Morgan fingerprint density at radius 3 is 2.77 bits per heavy atom. The van der Waals surface area contributed by atoms with Crippen molar-refractivity contribution in [2.24, 2.45) is 0 Å². The molecular formula is C24H30N2O3S. The Hall–Kier alpha value is -2.60. The summed E-state index contributed by atoms with van der Waals surface area (Å²) in [5.74, 6) is 0.539. The summed E-state index contributed by atoms with van der Waals surface area (Å²) in [6.07, 6.45) is 5.85. The lowest BCUT2D eigenvalue weighted by molar-refractivity contribution is 0.266. The molecule has 0 bridgehead atoms. The second kappa shape index (κ2) is 10.4. The summed E-state index contributed by atoms with van der Waals surface area (Å²) in [5, 5.41) is 3.73. The van der Waals surface area contributed by atoms with Crippen LogP contribution in [0.5, 0.6) is 0 Å². The summed E-state index contributed by atoms with van der Waals surface area (Å²) in [6.45, 7) is 10.7. The maximum Gasteiger partial charge on any atom is 0.349 e. The fourth-order valence-electron chi connectivity index (χ4n) is 3.37. The molecule has 0 aliphatic rings. The third-order valence-electron chi connectivity index (χ3n) is 5.09. The Balaban J connectivity index is 1.72. The number of benzene rings is 1. The van der Waals surface area contributed by atoms with Crippen molar-refractivity contribution >= 4 is 33.3 Å². The maximum atomic E-state index is 12.6. The molecule has 30 heavy (non-hydrogen) atoms. The molecule has 2 heterocycles. The number of unbranched alkanes of at least 4 members (excludes halogenated alkanes) is 3. The van der Waals surface area contributed by atoms with Crippen LogP contribution in [-0.4, -0.2) is 11.0 Å². The van der Waals surface area contributed by atoms with E-state index in [1.54, 1.807) is 0 Å². The van der Waals surface area contributed by atoms with Gasteiger partial charge in [0.25, 0.3) is 6.01 Å². The van der Waals surface area contributed by atoms with E-state index in [1.165, 1.54) is 30.6 Å². The first-order valence-electron chi connectivity index (χ1n) is 10.6. The van der Waals surface area contributed by atoms with Gasteiger partial charge in [-0.1, -0.05) is 69.5 Å². The maximum absolute atomic E-state index is 12.6. The molecule has 1 N–H and O–H groups in total. The van der Waals surface area contributed by atoms with Crippen molar-refractivity contribution in [2.75, 3.05) is 5.32 Å². The summed E-state index contributed by atoms with van der Waals surface area (Å²) < 4.78 is 11.3. The quantitative estimate of drug-likeness (QED) is 0.279. The van der Waals surface area contributed by atoms with Crippen LogP contribution in [0.25, 0.3) is 16.0 Å². The lowest BCUT2D eigenvalue weighted by atomic mass is 10.1. The van der Waals surface area contributed by atoms with Gasteiger partial charge in [0.1, 0.15) is 22.6 Å². The van der Waals surface area contributed by atoms with Crippen LogP contribution in [0.1, 0.15) is 62.0 Å². The fraction of sp³-hybridized carbons (Fsp3) is 0.417. The van der Waals surface area contributed by atoms with Gasteiger partial charge in [-0.15, -0.1) is 11.3 Å². The van der Waals surface area contributed by atoms with Gasteiger partial charge in [-0.25, -0.2) is 4.79 Å². The predicted octanol–water partition coefficient (Wildman–Crippen LogP) is 6.52. The molecule has 0 aliphatic carbocycles. The molecule has 0 amide bonds. The average Bonchev–Trinajstić information content (AvgIpc) is 3.07. The standard InChI is InChI=1S/C24H30N2O3S/c1-5-6-7-9-12-16(2)25-24-26-22-20(23(27)29-24)17(3)21(30-22)18(4)28-15-19-13-10-8-11-14-19/h8,10-11,13-14,16H,4-7,9,12,15H2,1-3H3,(H,25,26). The van der Waals surface area contributed by atoms with Gasteiger partial charge < -0.3 is 14.5 Å². The highest BCUT2D eigenvalue weighted by Gasteiger charge is 2.19. The minimum atomic E-state index is -0.378. The van der Waals surface area contributed by atoms with E-state index in [-0.39, 0.29) is 17.7 Å². The van der Waals surface area contributed by atoms with Crippen LogP contribution in [0.4, 0.5) is 6.01 Å². The fourth-order valence-corrected chi connectivity index (χ4v) is 4.46. The molecule has 0 radical (unpaired) electrons. The Labute approximate surface area is 181 Å². The minimum absolute atomic E-state index is 0.194. The zero-order valence-corrected chi connectivity index (χ0v) is 18.8. The van der Waals surface area contributed by atoms with Crippen LogP contribution in [0, 0.1) is 6.92 Å². The summed E-state index contributed by atoms with van der Waals surface area (Å²) in [7, 11) is 0. The number of nitrogens with one attached hydrogen (secondary N) is 1. The highest BCUT2D eigenvalue weighted by atomic mass is 32.1. The number of fused-ring (bicyclic) bond motifs is 1. The van der Waals surface area contributed by atoms with Crippen molar-refractivity contribution < 1.29 is 9.15 Å². The molecule has 6 heteroatoms. The molecule has 2 aromatic heterocycles. The van der Waals surface area contributed by atoms with E-state index in [9.17, 15) is 4.79 Å². The van der Waals surface area contributed by atoms with Crippen molar-refractivity contribution in [3.8, 4) is 0 Å². The Morgan fingerprint density at radius 2 is 2.03 bits per heavy atom. The summed E-state index contributed by atoms with van der Waals surface area (Å²) >= 11 is 1.41. The first-order chi connectivity index (χ1) is 14.5. The normalized spacial score (nSPS) is 12.1. The smallest absolute Gasteiger partial charge is 0.349 e. The van der Waals surface area contributed by atoms with Crippen molar-refractivity contribution in [1.82, 2.24) is 4.98 Å². The average molecular weight is 427 g/mol. The number of aryl methyl sites for hydroxylation is 1. The van der Waals surface area contributed by atoms with Crippen LogP contribution >= 0.6 is 11.3 Å². The molecule has 0 fully saturated rings. The molecule has 0 saturated heterocycles. The molecule has 160 valence electrons. The SMILES string of the molecule is C=C(OCc1ccccc1)c1sc2nc(NC(C)CCCCCC)oc(=O)c2c1C. The van der Waals surface area contributed by atoms with Gasteiger partial charge in [0, 0.05) is 6.04 Å². The molecule has 5 nitrogen and oxygen atoms in total. The zero-order valence-electron chi connectivity index (χ0n) is 18.0. The number of hydrogen-bond acceptors (Lipinski definition) is 6. The van der Waals surface area contributed by atoms with Gasteiger partial charge in [-0.2, -0.15) is 4.98 Å². The molecule has 0 aliphatic heterocycles. The first-order valence-corrected chi connectivity index (χ1v) is 11.4. The van der Waals surface area contributed by atoms with Crippen LogP contribution in [0.3, 0.4) is 0 Å². The number of rotatable bonds is 11. The molecular weight excluding hydrogens is 396 g/mol. The van der Waals surface area contributed by atoms with Crippen LogP contribution in [0.15, 0.2) is 46.1 Å². The molecule has 1 aromatic carbocycles. The topological polar surface area (TPSA) is 64.4 Å². The second-order valence-electron chi connectivity index (χ2n) is 7.63. The Morgan fingerprint density at radius 1 is 1.27 bits per heavy atom. The van der Waals surface area contributed by atoms with Crippen molar-refractivity contribution in [2.45, 2.75) is 65.5 Å². The molecule has 1 unspecified atom stereocenters. The Kier molecular flexibility index (Phi) is 7.69. The molecule has 3 aromatic rings. The highest BCUT2D eigenvalue weighted by molar-refractivity contribution is 7.19. The third kappa shape index (κ3) is 5.51. The van der Waals surface area contributed by atoms with Gasteiger partial charge in [0.15, 0.2) is 0 Å². The summed E-state index contributed by atoms with van der Waals surface area (Å²) in [4.78, 5) is 18.6. The van der Waals surface area contributed by atoms with Gasteiger partial charge in [0.2, 0.25) is 0 Å². The van der Waals surface area contributed by atoms with Gasteiger partial charge in [-0.3, -0.25) is 0 Å². The highest BCUT2D eigenvalue weighted by Crippen LogP contribution is 2.33. The number of anilines is 1. The van der Waals surface area contributed by atoms with E-state index < -0.39 is 0 Å². The van der Waals surface area contributed by atoms with E-state index >= 15 is 0 Å². The molecule has 1 atom stereocenters. The summed E-state index contributed by atoms with van der Waals surface area (Å²) in [5.41, 5.74) is 1.49. The first kappa shape index (κ1) is 22.1. The second-order valence-corrected chi connectivity index (χ2v) is 8.63. The molecule has 0 saturated carbocycles. The number of nitrogens with zero attached hydrogens (tertiary/aromatic N) is 1. The van der Waals surface area contributed by atoms with Crippen LogP contribution in [-0.2, 0) is 11.3 Å². The molecule has 0 spiro atoms. The number of thiophene rings is 1. The number of hydrogen-bond donors (Lipinski definition) is 1. The predicted molar refractivity (Wildman–Crippen MR) is 125 cm³/mol. The zero-order chi connectivity index (χ0) is 21.5. The monoisotopic (exact) mass is 426 g/mol. The van der Waals surface area contributed by atoms with E-state index in [0.717, 1.165) is 28.8 Å². The van der Waals surface area contributed by atoms with Gasteiger partial charge >= 0.3 is 5.63 Å². The summed E-state index contributed by atoms with van der Waals surface area (Å²) in [6, 6.07) is 10.4. The van der Waals surface area contributed by atoms with E-state index in [4.69, 9.17) is 9.15 Å². The van der Waals surface area contributed by atoms with Crippen LogP contribution < -0.4 is 10.9 Å². The van der Waals surface area contributed by atoms with Crippen LogP contribution in [0.2, 0.25) is 0 Å². The largest absolute Gasteiger partial charge is 0.488 e.